The Morgan fingerprint density at radius 2 is 2.00 bits per heavy atom. The van der Waals surface area contributed by atoms with E-state index in [4.69, 9.17) is 4.74 Å². The third-order valence-electron chi connectivity index (χ3n) is 3.29. The first-order chi connectivity index (χ1) is 10.7. The first kappa shape index (κ1) is 14.1. The van der Waals surface area contributed by atoms with Crippen LogP contribution in [0.1, 0.15) is 12.5 Å². The molecule has 0 fully saturated rings. The highest BCUT2D eigenvalue weighted by atomic mass is 16.5. The summed E-state index contributed by atoms with van der Waals surface area (Å²) < 4.78 is 5.39. The van der Waals surface area contributed by atoms with Gasteiger partial charge >= 0.3 is 0 Å². The minimum absolute atomic E-state index is 0.115. The largest absolute Gasteiger partial charge is 0.504 e. The van der Waals surface area contributed by atoms with Crippen molar-refractivity contribution in [2.45, 2.75) is 13.8 Å². The van der Waals surface area contributed by atoms with Crippen molar-refractivity contribution in [3.05, 3.63) is 48.0 Å². The Kier molecular flexibility index (Phi) is 3.78. The number of hydrogen-bond donors (Lipinski definition) is 2. The fourth-order valence-corrected chi connectivity index (χ4v) is 2.24. The number of aryl methyl sites for hydroxylation is 1. The molecule has 2 N–H and O–H groups in total. The van der Waals surface area contributed by atoms with Gasteiger partial charge in [-0.1, -0.05) is 23.8 Å². The summed E-state index contributed by atoms with van der Waals surface area (Å²) in [6.07, 6.45) is 0. The maximum Gasteiger partial charge on any atom is 0.181 e. The van der Waals surface area contributed by atoms with Crippen LogP contribution in [0, 0.1) is 6.92 Å². The molecule has 0 unspecified atom stereocenters. The molecule has 1 heterocycles. The standard InChI is InChI=1S/C17H17N3O2/c1-3-22-15-10-13(7-8-14(15)21)17-18-16(19-20-17)12-6-4-5-11(2)9-12/h4-10,21H,3H2,1-2H3,(H,18,19,20). The molecule has 0 aliphatic carbocycles. The fraction of sp³-hybridized carbons (Fsp3) is 0.176. The average molecular weight is 295 g/mol. The summed E-state index contributed by atoms with van der Waals surface area (Å²) in [5, 5.41) is 16.9. The summed E-state index contributed by atoms with van der Waals surface area (Å²) in [5.74, 6) is 1.83. The summed E-state index contributed by atoms with van der Waals surface area (Å²) in [5.41, 5.74) is 2.94. The maximum atomic E-state index is 9.76. The van der Waals surface area contributed by atoms with Crippen LogP contribution < -0.4 is 4.74 Å². The molecule has 0 spiro atoms. The summed E-state index contributed by atoms with van der Waals surface area (Å²) >= 11 is 0. The number of nitrogens with zero attached hydrogens (tertiary/aromatic N) is 2. The molecule has 3 rings (SSSR count). The number of phenolic OH excluding ortho intramolecular Hbond substituents is 1. The molecule has 0 aliphatic rings. The molecule has 0 amide bonds. The molecular weight excluding hydrogens is 278 g/mol. The molecule has 0 radical (unpaired) electrons. The second-order valence-electron chi connectivity index (χ2n) is 4.99. The molecule has 5 heteroatoms. The number of benzene rings is 2. The van der Waals surface area contributed by atoms with E-state index in [0.29, 0.717) is 24.0 Å². The van der Waals surface area contributed by atoms with Crippen LogP contribution in [-0.4, -0.2) is 26.9 Å². The SMILES string of the molecule is CCOc1cc(-c2nc(-c3cccc(C)c3)n[nH]2)ccc1O. The van der Waals surface area contributed by atoms with Gasteiger partial charge in [0.25, 0.3) is 0 Å². The molecule has 1 aromatic heterocycles. The van der Waals surface area contributed by atoms with E-state index in [1.165, 1.54) is 0 Å². The lowest BCUT2D eigenvalue weighted by Crippen LogP contribution is -1.92. The molecule has 0 saturated heterocycles. The summed E-state index contributed by atoms with van der Waals surface area (Å²) in [6.45, 7) is 4.39. The van der Waals surface area contributed by atoms with Crippen LogP contribution >= 0.6 is 0 Å². The lowest BCUT2D eigenvalue weighted by Gasteiger charge is -2.06. The Bertz CT molecular complexity index is 796. The number of nitrogens with one attached hydrogen (secondary N) is 1. The Labute approximate surface area is 128 Å². The Morgan fingerprint density at radius 1 is 1.14 bits per heavy atom. The zero-order chi connectivity index (χ0) is 15.5. The van der Waals surface area contributed by atoms with Crippen LogP contribution in [0.15, 0.2) is 42.5 Å². The first-order valence-electron chi connectivity index (χ1n) is 7.13. The lowest BCUT2D eigenvalue weighted by atomic mass is 10.1. The predicted molar refractivity (Wildman–Crippen MR) is 84.8 cm³/mol. The van der Waals surface area contributed by atoms with Gasteiger partial charge in [-0.3, -0.25) is 5.10 Å². The first-order valence-corrected chi connectivity index (χ1v) is 7.13. The summed E-state index contributed by atoms with van der Waals surface area (Å²) in [6, 6.07) is 13.1. The monoisotopic (exact) mass is 295 g/mol. The molecule has 0 aliphatic heterocycles. The van der Waals surface area contributed by atoms with Gasteiger partial charge in [0.1, 0.15) is 0 Å². The number of aromatic amines is 1. The highest BCUT2D eigenvalue weighted by Crippen LogP contribution is 2.31. The van der Waals surface area contributed by atoms with E-state index in [2.05, 4.69) is 15.2 Å². The van der Waals surface area contributed by atoms with Gasteiger partial charge < -0.3 is 9.84 Å². The van der Waals surface area contributed by atoms with Gasteiger partial charge in [0.15, 0.2) is 23.1 Å². The lowest BCUT2D eigenvalue weighted by molar-refractivity contribution is 0.318. The Morgan fingerprint density at radius 3 is 2.77 bits per heavy atom. The Hall–Kier alpha value is -2.82. The minimum Gasteiger partial charge on any atom is -0.504 e. The number of hydrogen-bond acceptors (Lipinski definition) is 4. The second kappa shape index (κ2) is 5.89. The van der Waals surface area contributed by atoms with Crippen LogP contribution in [0.5, 0.6) is 11.5 Å². The third-order valence-corrected chi connectivity index (χ3v) is 3.29. The molecule has 112 valence electrons. The quantitative estimate of drug-likeness (QED) is 0.772. The van der Waals surface area contributed by atoms with Crippen LogP contribution in [-0.2, 0) is 0 Å². The van der Waals surface area contributed by atoms with E-state index in [0.717, 1.165) is 16.7 Å². The van der Waals surface area contributed by atoms with Crippen molar-refractivity contribution in [3.63, 3.8) is 0 Å². The smallest absolute Gasteiger partial charge is 0.181 e. The van der Waals surface area contributed by atoms with E-state index in [1.807, 2.05) is 38.1 Å². The van der Waals surface area contributed by atoms with Crippen LogP contribution in [0.2, 0.25) is 0 Å². The van der Waals surface area contributed by atoms with Crippen molar-refractivity contribution in [2.24, 2.45) is 0 Å². The zero-order valence-electron chi connectivity index (χ0n) is 12.5. The van der Waals surface area contributed by atoms with Gasteiger partial charge in [-0.05, 0) is 38.1 Å². The summed E-state index contributed by atoms with van der Waals surface area (Å²) in [7, 11) is 0. The topological polar surface area (TPSA) is 71.0 Å². The molecule has 22 heavy (non-hydrogen) atoms. The molecule has 0 saturated carbocycles. The van der Waals surface area contributed by atoms with E-state index < -0.39 is 0 Å². The number of phenols is 1. The van der Waals surface area contributed by atoms with E-state index >= 15 is 0 Å². The van der Waals surface area contributed by atoms with Crippen LogP contribution in [0.4, 0.5) is 0 Å². The van der Waals surface area contributed by atoms with Gasteiger partial charge in [0, 0.05) is 11.1 Å². The van der Waals surface area contributed by atoms with Crippen LogP contribution in [0.25, 0.3) is 22.8 Å². The van der Waals surface area contributed by atoms with Crippen molar-refractivity contribution in [3.8, 4) is 34.3 Å². The van der Waals surface area contributed by atoms with Crippen molar-refractivity contribution in [1.29, 1.82) is 0 Å². The molecule has 0 bridgehead atoms. The average Bonchev–Trinajstić information content (AvgIpc) is 3.00. The van der Waals surface area contributed by atoms with Gasteiger partial charge in [0.05, 0.1) is 6.61 Å². The molecular formula is C17H17N3O2. The minimum atomic E-state index is 0.115. The predicted octanol–water partition coefficient (Wildman–Crippen LogP) is 3.55. The highest BCUT2D eigenvalue weighted by molar-refractivity contribution is 5.64. The van der Waals surface area contributed by atoms with E-state index in [9.17, 15) is 5.11 Å². The maximum absolute atomic E-state index is 9.76. The highest BCUT2D eigenvalue weighted by Gasteiger charge is 2.10. The normalized spacial score (nSPS) is 10.6. The fourth-order valence-electron chi connectivity index (χ4n) is 2.24. The van der Waals surface area contributed by atoms with Crippen LogP contribution in [0.3, 0.4) is 0 Å². The number of aromatic hydroxyl groups is 1. The van der Waals surface area contributed by atoms with Gasteiger partial charge in [-0.25, -0.2) is 4.98 Å². The molecule has 3 aromatic rings. The number of ether oxygens (including phenoxy) is 1. The van der Waals surface area contributed by atoms with E-state index in [-0.39, 0.29) is 5.75 Å². The molecule has 5 nitrogen and oxygen atoms in total. The number of H-pyrrole nitrogens is 1. The second-order valence-corrected chi connectivity index (χ2v) is 4.99. The van der Waals surface area contributed by atoms with Crippen molar-refractivity contribution in [1.82, 2.24) is 15.2 Å². The summed E-state index contributed by atoms with van der Waals surface area (Å²) in [4.78, 5) is 4.52. The molecule has 0 atom stereocenters. The van der Waals surface area contributed by atoms with Gasteiger partial charge in [-0.2, -0.15) is 5.10 Å². The Balaban J connectivity index is 1.95. The number of aromatic nitrogens is 3. The van der Waals surface area contributed by atoms with Crippen molar-refractivity contribution < 1.29 is 9.84 Å². The zero-order valence-corrected chi connectivity index (χ0v) is 12.5. The van der Waals surface area contributed by atoms with Crippen molar-refractivity contribution in [2.75, 3.05) is 6.61 Å². The van der Waals surface area contributed by atoms with Crippen molar-refractivity contribution >= 4 is 0 Å². The van der Waals surface area contributed by atoms with Gasteiger partial charge in [-0.15, -0.1) is 0 Å². The van der Waals surface area contributed by atoms with Gasteiger partial charge in [0.2, 0.25) is 0 Å². The number of rotatable bonds is 4. The molecule has 2 aromatic carbocycles. The van der Waals surface area contributed by atoms with E-state index in [1.54, 1.807) is 18.2 Å². The third kappa shape index (κ3) is 2.79.